The van der Waals surface area contributed by atoms with E-state index in [1.54, 1.807) is 24.3 Å². The molecule has 1 aromatic rings. The third kappa shape index (κ3) is 3.64. The van der Waals surface area contributed by atoms with E-state index < -0.39 is 0 Å². The number of Topliss-reactive ketones (excluding diaryl/α,β-unsaturated/α-hetero) is 1. The molecule has 2 aliphatic rings. The number of nitrogens with one attached hydrogen (secondary N) is 2. The Morgan fingerprint density at radius 3 is 2.88 bits per heavy atom. The zero-order valence-corrected chi connectivity index (χ0v) is 15.4. The minimum atomic E-state index is -0.171. The fourth-order valence-corrected chi connectivity index (χ4v) is 3.96. The van der Waals surface area contributed by atoms with E-state index in [0.717, 1.165) is 42.7 Å². The summed E-state index contributed by atoms with van der Waals surface area (Å²) < 4.78 is 0. The summed E-state index contributed by atoms with van der Waals surface area (Å²) in [6, 6.07) is 7.09. The highest BCUT2D eigenvalue weighted by Crippen LogP contribution is 2.38. The standard InChI is InChI=1S/C20H23ClN2O2/c1-3-6-15-18(20(25)23-14-8-4-7-13(21)11-14)12(2)22-16-9-5-10-17(24)19(15)16/h4,7-8,11,15,22H,3,5-6,9-10H2,1-2H3,(H,23,25). The van der Waals surface area contributed by atoms with Crippen molar-refractivity contribution in [1.29, 1.82) is 0 Å². The Balaban J connectivity index is 1.92. The number of allylic oxidation sites excluding steroid dienone is 3. The lowest BCUT2D eigenvalue weighted by atomic mass is 9.76. The topological polar surface area (TPSA) is 58.2 Å². The number of dihydropyridines is 1. The fourth-order valence-electron chi connectivity index (χ4n) is 3.77. The average Bonchev–Trinajstić information content (AvgIpc) is 2.54. The van der Waals surface area contributed by atoms with Crippen LogP contribution in [0.25, 0.3) is 0 Å². The van der Waals surface area contributed by atoms with Crippen LogP contribution in [0.15, 0.2) is 46.8 Å². The number of anilines is 1. The molecule has 4 nitrogen and oxygen atoms in total. The summed E-state index contributed by atoms with van der Waals surface area (Å²) in [6.45, 7) is 4.00. The van der Waals surface area contributed by atoms with Crippen molar-refractivity contribution >= 4 is 29.0 Å². The zero-order chi connectivity index (χ0) is 18.0. The van der Waals surface area contributed by atoms with Crippen LogP contribution in [0.1, 0.15) is 46.0 Å². The van der Waals surface area contributed by atoms with E-state index in [0.29, 0.717) is 22.7 Å². The van der Waals surface area contributed by atoms with E-state index in [1.807, 2.05) is 6.92 Å². The first kappa shape index (κ1) is 17.7. The van der Waals surface area contributed by atoms with Gasteiger partial charge in [-0.1, -0.05) is 31.0 Å². The van der Waals surface area contributed by atoms with Crippen molar-refractivity contribution in [2.45, 2.75) is 46.0 Å². The largest absolute Gasteiger partial charge is 0.362 e. The Kier molecular flexibility index (Phi) is 5.28. The second kappa shape index (κ2) is 7.44. The number of halogens is 1. The monoisotopic (exact) mass is 358 g/mol. The summed E-state index contributed by atoms with van der Waals surface area (Å²) in [6.07, 6.45) is 4.03. The molecule has 0 saturated carbocycles. The van der Waals surface area contributed by atoms with Gasteiger partial charge in [-0.25, -0.2) is 0 Å². The highest BCUT2D eigenvalue weighted by molar-refractivity contribution is 6.31. The van der Waals surface area contributed by atoms with Crippen LogP contribution in [0.5, 0.6) is 0 Å². The predicted octanol–water partition coefficient (Wildman–Crippen LogP) is 4.58. The molecule has 0 bridgehead atoms. The van der Waals surface area contributed by atoms with Crippen LogP contribution in [0, 0.1) is 5.92 Å². The zero-order valence-electron chi connectivity index (χ0n) is 14.6. The van der Waals surface area contributed by atoms with Gasteiger partial charge in [-0.3, -0.25) is 9.59 Å². The van der Waals surface area contributed by atoms with Gasteiger partial charge in [0.05, 0.1) is 0 Å². The van der Waals surface area contributed by atoms with Crippen molar-refractivity contribution in [1.82, 2.24) is 5.32 Å². The molecular formula is C20H23ClN2O2. The SMILES string of the molecule is CCCC1C(C(=O)Nc2cccc(Cl)c2)=C(C)NC2=C1C(=O)CCC2. The number of rotatable bonds is 4. The number of hydrogen-bond donors (Lipinski definition) is 2. The fraction of sp³-hybridized carbons (Fsp3) is 0.400. The number of amides is 1. The quantitative estimate of drug-likeness (QED) is 0.828. The maximum absolute atomic E-state index is 13.0. The van der Waals surface area contributed by atoms with Crippen LogP contribution >= 0.6 is 11.6 Å². The van der Waals surface area contributed by atoms with E-state index in [9.17, 15) is 9.59 Å². The van der Waals surface area contributed by atoms with Gasteiger partial charge < -0.3 is 10.6 Å². The number of carbonyl (C=O) groups excluding carboxylic acids is 2. The van der Waals surface area contributed by atoms with Gasteiger partial charge >= 0.3 is 0 Å². The molecule has 0 radical (unpaired) electrons. The Morgan fingerprint density at radius 2 is 2.16 bits per heavy atom. The van der Waals surface area contributed by atoms with E-state index in [-0.39, 0.29) is 17.6 Å². The first-order valence-corrected chi connectivity index (χ1v) is 9.20. The molecule has 132 valence electrons. The summed E-state index contributed by atoms with van der Waals surface area (Å²) in [4.78, 5) is 25.5. The number of ketones is 1. The summed E-state index contributed by atoms with van der Waals surface area (Å²) in [5.41, 5.74) is 3.98. The molecule has 0 fully saturated rings. The van der Waals surface area contributed by atoms with Gasteiger partial charge in [0, 0.05) is 45.6 Å². The molecule has 25 heavy (non-hydrogen) atoms. The summed E-state index contributed by atoms with van der Waals surface area (Å²) >= 11 is 6.00. The molecular weight excluding hydrogens is 336 g/mol. The highest BCUT2D eigenvalue weighted by atomic mass is 35.5. The Morgan fingerprint density at radius 1 is 1.36 bits per heavy atom. The summed E-state index contributed by atoms with van der Waals surface area (Å²) in [5, 5.41) is 6.82. The highest BCUT2D eigenvalue weighted by Gasteiger charge is 2.36. The summed E-state index contributed by atoms with van der Waals surface area (Å²) in [7, 11) is 0. The van der Waals surface area contributed by atoms with Gasteiger partial charge in [0.15, 0.2) is 5.78 Å². The normalized spacial score (nSPS) is 20.3. The second-order valence-electron chi connectivity index (χ2n) is 6.64. The van der Waals surface area contributed by atoms with Crippen molar-refractivity contribution in [3.05, 3.63) is 51.8 Å². The van der Waals surface area contributed by atoms with E-state index in [2.05, 4.69) is 17.6 Å². The van der Waals surface area contributed by atoms with Crippen LogP contribution in [0.2, 0.25) is 5.02 Å². The Hall–Kier alpha value is -2.07. The molecule has 0 saturated heterocycles. The molecule has 1 aromatic carbocycles. The maximum atomic E-state index is 13.0. The molecule has 3 rings (SSSR count). The van der Waals surface area contributed by atoms with Gasteiger partial charge in [0.2, 0.25) is 0 Å². The second-order valence-corrected chi connectivity index (χ2v) is 7.07. The van der Waals surface area contributed by atoms with Gasteiger partial charge in [-0.15, -0.1) is 0 Å². The van der Waals surface area contributed by atoms with Gasteiger partial charge in [0.1, 0.15) is 0 Å². The smallest absolute Gasteiger partial charge is 0.253 e. The van der Waals surface area contributed by atoms with Crippen molar-refractivity contribution in [3.63, 3.8) is 0 Å². The number of benzene rings is 1. The molecule has 0 aromatic heterocycles. The molecule has 5 heteroatoms. The van der Waals surface area contributed by atoms with E-state index in [1.165, 1.54) is 0 Å². The van der Waals surface area contributed by atoms with Crippen molar-refractivity contribution in [2.75, 3.05) is 5.32 Å². The lowest BCUT2D eigenvalue weighted by Crippen LogP contribution is -2.36. The lowest BCUT2D eigenvalue weighted by molar-refractivity contribution is -0.116. The van der Waals surface area contributed by atoms with Gasteiger partial charge in [-0.2, -0.15) is 0 Å². The Bertz CT molecular complexity index is 780. The maximum Gasteiger partial charge on any atom is 0.253 e. The van der Waals surface area contributed by atoms with Gasteiger partial charge in [0.25, 0.3) is 5.91 Å². The van der Waals surface area contributed by atoms with Crippen molar-refractivity contribution in [3.8, 4) is 0 Å². The molecule has 2 N–H and O–H groups in total. The Labute approximate surface area is 153 Å². The minimum Gasteiger partial charge on any atom is -0.362 e. The molecule has 1 atom stereocenters. The average molecular weight is 359 g/mol. The third-order valence-electron chi connectivity index (χ3n) is 4.80. The molecule has 1 amide bonds. The van der Waals surface area contributed by atoms with Crippen LogP contribution in [0.3, 0.4) is 0 Å². The van der Waals surface area contributed by atoms with Gasteiger partial charge in [-0.05, 0) is 44.4 Å². The van der Waals surface area contributed by atoms with E-state index >= 15 is 0 Å². The predicted molar refractivity (Wildman–Crippen MR) is 100 cm³/mol. The number of carbonyl (C=O) groups is 2. The van der Waals surface area contributed by atoms with E-state index in [4.69, 9.17) is 11.6 Å². The molecule has 1 unspecified atom stereocenters. The molecule has 1 aliphatic carbocycles. The third-order valence-corrected chi connectivity index (χ3v) is 5.04. The molecule has 1 aliphatic heterocycles. The van der Waals surface area contributed by atoms with Crippen molar-refractivity contribution in [2.24, 2.45) is 5.92 Å². The van der Waals surface area contributed by atoms with Crippen LogP contribution in [0.4, 0.5) is 5.69 Å². The lowest BCUT2D eigenvalue weighted by Gasteiger charge is -2.34. The minimum absolute atomic E-state index is 0.131. The van der Waals surface area contributed by atoms with Crippen LogP contribution in [-0.4, -0.2) is 11.7 Å². The first-order chi connectivity index (χ1) is 12.0. The first-order valence-electron chi connectivity index (χ1n) is 8.82. The van der Waals surface area contributed by atoms with Crippen molar-refractivity contribution < 1.29 is 9.59 Å². The van der Waals surface area contributed by atoms with Crippen LogP contribution < -0.4 is 10.6 Å². The molecule has 0 spiro atoms. The number of hydrogen-bond acceptors (Lipinski definition) is 3. The molecule has 1 heterocycles. The summed E-state index contributed by atoms with van der Waals surface area (Å²) in [5.74, 6) is -0.128. The van der Waals surface area contributed by atoms with Crippen LogP contribution in [-0.2, 0) is 9.59 Å².